The van der Waals surface area contributed by atoms with Crippen LogP contribution in [0.5, 0.6) is 5.75 Å². The van der Waals surface area contributed by atoms with E-state index in [4.69, 9.17) is 9.47 Å². The van der Waals surface area contributed by atoms with E-state index in [0.717, 1.165) is 30.6 Å². The van der Waals surface area contributed by atoms with Gasteiger partial charge in [0.2, 0.25) is 5.91 Å². The molecule has 0 unspecified atom stereocenters. The third-order valence-corrected chi connectivity index (χ3v) is 4.19. The van der Waals surface area contributed by atoms with Gasteiger partial charge in [0, 0.05) is 19.0 Å². The van der Waals surface area contributed by atoms with Gasteiger partial charge in [-0.25, -0.2) is 0 Å². The first-order valence-electron chi connectivity index (χ1n) is 8.21. The van der Waals surface area contributed by atoms with E-state index in [9.17, 15) is 9.59 Å². The number of benzene rings is 1. The van der Waals surface area contributed by atoms with Gasteiger partial charge in [0.25, 0.3) is 0 Å². The smallest absolute Gasteiger partial charge is 0.307 e. The number of rotatable bonds is 8. The minimum absolute atomic E-state index is 0.121. The Bertz CT molecular complexity index is 522. The van der Waals surface area contributed by atoms with E-state index in [0.29, 0.717) is 19.7 Å². The Morgan fingerprint density at radius 3 is 2.43 bits per heavy atom. The summed E-state index contributed by atoms with van der Waals surface area (Å²) < 4.78 is 10.1. The molecule has 0 radical (unpaired) electrons. The average Bonchev–Trinajstić information content (AvgIpc) is 2.50. The summed E-state index contributed by atoms with van der Waals surface area (Å²) in [5, 5.41) is 0. The summed E-state index contributed by atoms with van der Waals surface area (Å²) in [6.07, 6.45) is 3.27. The molecule has 0 aliphatic heterocycles. The summed E-state index contributed by atoms with van der Waals surface area (Å²) in [6.45, 7) is 3.07. The predicted octanol–water partition coefficient (Wildman–Crippen LogP) is 2.78. The molecule has 0 aromatic heterocycles. The maximum Gasteiger partial charge on any atom is 0.307 e. The van der Waals surface area contributed by atoms with Crippen molar-refractivity contribution in [1.82, 2.24) is 4.90 Å². The molecule has 1 aliphatic rings. The minimum Gasteiger partial charge on any atom is -0.497 e. The number of hydrogen-bond acceptors (Lipinski definition) is 4. The van der Waals surface area contributed by atoms with Crippen LogP contribution in [0, 0.1) is 5.92 Å². The highest BCUT2D eigenvalue weighted by Crippen LogP contribution is 2.29. The van der Waals surface area contributed by atoms with Crippen molar-refractivity contribution in [2.75, 3.05) is 20.3 Å². The van der Waals surface area contributed by atoms with Crippen molar-refractivity contribution in [1.29, 1.82) is 0 Å². The van der Waals surface area contributed by atoms with Crippen LogP contribution in [0.3, 0.4) is 0 Å². The molecule has 1 amide bonds. The van der Waals surface area contributed by atoms with Gasteiger partial charge in [0.15, 0.2) is 0 Å². The van der Waals surface area contributed by atoms with Crippen LogP contribution >= 0.6 is 0 Å². The lowest BCUT2D eigenvalue weighted by atomic mass is 9.84. The second-order valence-electron chi connectivity index (χ2n) is 5.79. The van der Waals surface area contributed by atoms with Crippen LogP contribution in [-0.4, -0.2) is 37.0 Å². The molecule has 1 aromatic rings. The van der Waals surface area contributed by atoms with Gasteiger partial charge in [-0.15, -0.1) is 0 Å². The average molecular weight is 319 g/mol. The molecule has 1 aliphatic carbocycles. The first-order chi connectivity index (χ1) is 11.1. The van der Waals surface area contributed by atoms with Gasteiger partial charge in [-0.1, -0.05) is 18.6 Å². The molecular formula is C18H25NO4. The highest BCUT2D eigenvalue weighted by Gasteiger charge is 2.29. The van der Waals surface area contributed by atoms with Crippen LogP contribution in [0.2, 0.25) is 0 Å². The van der Waals surface area contributed by atoms with Gasteiger partial charge in [-0.3, -0.25) is 9.59 Å². The number of amides is 1. The van der Waals surface area contributed by atoms with E-state index in [1.807, 2.05) is 24.3 Å². The van der Waals surface area contributed by atoms with Crippen LogP contribution in [0.25, 0.3) is 0 Å². The predicted molar refractivity (Wildman–Crippen MR) is 87.0 cm³/mol. The van der Waals surface area contributed by atoms with Gasteiger partial charge in [-0.2, -0.15) is 0 Å². The Kier molecular flexibility index (Phi) is 6.44. The van der Waals surface area contributed by atoms with Crippen molar-refractivity contribution in [3.8, 4) is 5.75 Å². The molecule has 5 nitrogen and oxygen atoms in total. The molecule has 0 spiro atoms. The van der Waals surface area contributed by atoms with Crippen LogP contribution in [0.4, 0.5) is 0 Å². The first-order valence-corrected chi connectivity index (χ1v) is 8.21. The highest BCUT2D eigenvalue weighted by molar-refractivity contribution is 5.80. The third-order valence-electron chi connectivity index (χ3n) is 4.19. The molecule has 1 aromatic carbocycles. The number of nitrogens with zero attached hydrogens (tertiary/aromatic N) is 1. The Morgan fingerprint density at radius 1 is 1.22 bits per heavy atom. The molecule has 0 atom stereocenters. The van der Waals surface area contributed by atoms with Crippen molar-refractivity contribution >= 4 is 11.9 Å². The summed E-state index contributed by atoms with van der Waals surface area (Å²) in [6, 6.07) is 7.66. The lowest BCUT2D eigenvalue weighted by Gasteiger charge is -2.31. The van der Waals surface area contributed by atoms with Gasteiger partial charge in [0.05, 0.1) is 20.1 Å². The molecule has 2 rings (SSSR count). The van der Waals surface area contributed by atoms with Crippen molar-refractivity contribution < 1.29 is 19.1 Å². The zero-order chi connectivity index (χ0) is 16.7. The zero-order valence-electron chi connectivity index (χ0n) is 13.9. The van der Waals surface area contributed by atoms with Crippen molar-refractivity contribution in [3.05, 3.63) is 29.8 Å². The maximum absolute atomic E-state index is 12.6. The van der Waals surface area contributed by atoms with Gasteiger partial charge in [0.1, 0.15) is 5.75 Å². The van der Waals surface area contributed by atoms with Crippen molar-refractivity contribution in [2.24, 2.45) is 5.92 Å². The topological polar surface area (TPSA) is 55.8 Å². The Labute approximate surface area is 137 Å². The number of hydrogen-bond donors (Lipinski definition) is 0. The fourth-order valence-corrected chi connectivity index (χ4v) is 2.59. The fraction of sp³-hybridized carbons (Fsp3) is 0.556. The largest absolute Gasteiger partial charge is 0.497 e. The lowest BCUT2D eigenvalue weighted by molar-refractivity contribution is -0.145. The summed E-state index contributed by atoms with van der Waals surface area (Å²) in [7, 11) is 1.63. The van der Waals surface area contributed by atoms with Gasteiger partial charge < -0.3 is 14.4 Å². The molecule has 126 valence electrons. The van der Waals surface area contributed by atoms with E-state index in [1.165, 1.54) is 0 Å². The zero-order valence-corrected chi connectivity index (χ0v) is 13.9. The summed E-state index contributed by atoms with van der Waals surface area (Å²) in [5.41, 5.74) is 1.03. The second-order valence-corrected chi connectivity index (χ2v) is 5.79. The number of carbonyl (C=O) groups excluding carboxylic acids is 2. The van der Waals surface area contributed by atoms with Crippen LogP contribution < -0.4 is 4.74 Å². The summed E-state index contributed by atoms with van der Waals surface area (Å²) >= 11 is 0. The molecule has 0 bridgehead atoms. The first kappa shape index (κ1) is 17.3. The third kappa shape index (κ3) is 4.98. The monoisotopic (exact) mass is 319 g/mol. The minimum atomic E-state index is -0.256. The van der Waals surface area contributed by atoms with Crippen LogP contribution in [-0.2, 0) is 20.9 Å². The molecular weight excluding hydrogens is 294 g/mol. The fourth-order valence-electron chi connectivity index (χ4n) is 2.59. The Balaban J connectivity index is 1.99. The quantitative estimate of drug-likeness (QED) is 0.691. The molecule has 1 fully saturated rings. The summed E-state index contributed by atoms with van der Waals surface area (Å²) in [4.78, 5) is 25.9. The molecule has 5 heteroatoms. The normalized spacial score (nSPS) is 14.0. The van der Waals surface area contributed by atoms with E-state index in [2.05, 4.69) is 0 Å². The molecule has 23 heavy (non-hydrogen) atoms. The molecule has 0 N–H and O–H groups in total. The Morgan fingerprint density at radius 2 is 1.91 bits per heavy atom. The Hall–Kier alpha value is -2.04. The SMILES string of the molecule is CCOC(=O)CCN(Cc1ccc(OC)cc1)C(=O)C1CCC1. The molecule has 1 saturated carbocycles. The van der Waals surface area contributed by atoms with Gasteiger partial charge >= 0.3 is 5.97 Å². The van der Waals surface area contributed by atoms with Crippen molar-refractivity contribution in [3.63, 3.8) is 0 Å². The second kappa shape index (κ2) is 8.56. The molecule has 0 heterocycles. The number of carbonyl (C=O) groups is 2. The van der Waals surface area contributed by atoms with E-state index >= 15 is 0 Å². The number of ether oxygens (including phenoxy) is 2. The standard InChI is InChI=1S/C18H25NO4/c1-3-23-17(20)11-12-19(18(21)15-5-4-6-15)13-14-7-9-16(22-2)10-8-14/h7-10,15H,3-6,11-13H2,1-2H3. The van der Waals surface area contributed by atoms with Crippen LogP contribution in [0.15, 0.2) is 24.3 Å². The van der Waals surface area contributed by atoms with Gasteiger partial charge in [-0.05, 0) is 37.5 Å². The van der Waals surface area contributed by atoms with Crippen LogP contribution in [0.1, 0.15) is 38.2 Å². The van der Waals surface area contributed by atoms with Crippen molar-refractivity contribution in [2.45, 2.75) is 39.2 Å². The molecule has 0 saturated heterocycles. The van der Waals surface area contributed by atoms with E-state index < -0.39 is 0 Å². The maximum atomic E-state index is 12.6. The summed E-state index contributed by atoms with van der Waals surface area (Å²) in [5.74, 6) is 0.803. The number of esters is 1. The van der Waals surface area contributed by atoms with E-state index in [-0.39, 0.29) is 24.2 Å². The lowest BCUT2D eigenvalue weighted by Crippen LogP contribution is -2.39. The highest BCUT2D eigenvalue weighted by atomic mass is 16.5. The number of methoxy groups -OCH3 is 1. The van der Waals surface area contributed by atoms with E-state index in [1.54, 1.807) is 18.9 Å².